The number of rotatable bonds is 8. The number of anilines is 2. The molecule has 1 amide bonds. The summed E-state index contributed by atoms with van der Waals surface area (Å²) in [6, 6.07) is 8.81. The number of aliphatic hydroxyl groups is 1. The monoisotopic (exact) mass is 539 g/mol. The van der Waals surface area contributed by atoms with Crippen molar-refractivity contribution in [2.45, 2.75) is 57.6 Å². The lowest BCUT2D eigenvalue weighted by atomic mass is 9.93. The number of aliphatic hydroxyl groups excluding tert-OH is 1. The molecule has 0 radical (unpaired) electrons. The molecule has 2 aromatic carbocycles. The first-order chi connectivity index (χ1) is 19.5. The fraction of sp³-hybridized carbons (Fsp3) is 0.367. The van der Waals surface area contributed by atoms with E-state index in [4.69, 9.17) is 5.73 Å². The van der Waals surface area contributed by atoms with Crippen molar-refractivity contribution in [3.8, 4) is 11.4 Å². The number of amides is 1. The van der Waals surface area contributed by atoms with Crippen molar-refractivity contribution in [1.29, 1.82) is 0 Å². The molecule has 0 bridgehead atoms. The zero-order valence-corrected chi connectivity index (χ0v) is 22.1. The molecule has 3 heterocycles. The molecule has 0 saturated heterocycles. The van der Waals surface area contributed by atoms with E-state index in [1.54, 1.807) is 18.2 Å². The molecule has 2 aromatic heterocycles. The topological polar surface area (TPSA) is 123 Å². The van der Waals surface area contributed by atoms with E-state index in [0.717, 1.165) is 36.1 Å². The van der Waals surface area contributed by atoms with Gasteiger partial charge in [0.15, 0.2) is 5.82 Å². The maximum Gasteiger partial charge on any atom is 0.261 e. The number of fused-ring (bicyclic) bond motifs is 1. The maximum atomic E-state index is 15.2. The SMILES string of the molecule is Nc1nc(Cc2cnn(CC3CC3)c2)nc(-c2cccc(N3CCc4cc(C5CC5)cc(F)c4C3=O)c2CO)n1. The second-order valence-corrected chi connectivity index (χ2v) is 11.1. The number of benzene rings is 2. The minimum Gasteiger partial charge on any atom is -0.392 e. The molecule has 2 fully saturated rings. The molecule has 204 valence electrons. The Morgan fingerprint density at radius 1 is 1.10 bits per heavy atom. The van der Waals surface area contributed by atoms with Gasteiger partial charge < -0.3 is 15.7 Å². The Morgan fingerprint density at radius 3 is 2.73 bits per heavy atom. The molecule has 1 aliphatic heterocycles. The van der Waals surface area contributed by atoms with Gasteiger partial charge in [0.1, 0.15) is 11.6 Å². The van der Waals surface area contributed by atoms with Crippen LogP contribution in [0.15, 0.2) is 42.7 Å². The minimum absolute atomic E-state index is 0.0659. The summed E-state index contributed by atoms with van der Waals surface area (Å²) in [4.78, 5) is 28.5. The molecule has 0 unspecified atom stereocenters. The number of nitrogens with zero attached hydrogens (tertiary/aromatic N) is 6. The molecule has 9 nitrogen and oxygen atoms in total. The van der Waals surface area contributed by atoms with Gasteiger partial charge in [-0.3, -0.25) is 9.48 Å². The highest BCUT2D eigenvalue weighted by atomic mass is 19.1. The highest BCUT2D eigenvalue weighted by Crippen LogP contribution is 2.42. The van der Waals surface area contributed by atoms with Crippen molar-refractivity contribution in [2.24, 2.45) is 5.92 Å². The van der Waals surface area contributed by atoms with E-state index in [-0.39, 0.29) is 18.1 Å². The summed E-state index contributed by atoms with van der Waals surface area (Å²) in [6.45, 7) is 0.938. The normalized spacial score (nSPS) is 16.9. The van der Waals surface area contributed by atoms with Gasteiger partial charge in [-0.15, -0.1) is 0 Å². The summed E-state index contributed by atoms with van der Waals surface area (Å²) < 4.78 is 17.1. The largest absolute Gasteiger partial charge is 0.392 e. The van der Waals surface area contributed by atoms with Crippen LogP contribution in [0.25, 0.3) is 11.4 Å². The molecule has 3 N–H and O–H groups in total. The van der Waals surface area contributed by atoms with Crippen LogP contribution in [0.1, 0.15) is 70.0 Å². The van der Waals surface area contributed by atoms with E-state index in [9.17, 15) is 9.90 Å². The van der Waals surface area contributed by atoms with Gasteiger partial charge in [-0.1, -0.05) is 18.2 Å². The summed E-state index contributed by atoms with van der Waals surface area (Å²) in [5.41, 5.74) is 10.4. The maximum absolute atomic E-state index is 15.2. The summed E-state index contributed by atoms with van der Waals surface area (Å²) in [5, 5.41) is 14.9. The number of hydrogen-bond acceptors (Lipinski definition) is 7. The van der Waals surface area contributed by atoms with Crippen LogP contribution in [-0.4, -0.2) is 42.3 Å². The first kappa shape index (κ1) is 24.8. The molecule has 2 aliphatic carbocycles. The molecular weight excluding hydrogens is 509 g/mol. The molecule has 2 saturated carbocycles. The van der Waals surface area contributed by atoms with Crippen LogP contribution >= 0.6 is 0 Å². The van der Waals surface area contributed by atoms with Gasteiger partial charge in [0.2, 0.25) is 5.95 Å². The van der Waals surface area contributed by atoms with Crippen LogP contribution in [-0.2, 0) is 26.0 Å². The van der Waals surface area contributed by atoms with Gasteiger partial charge >= 0.3 is 0 Å². The fourth-order valence-corrected chi connectivity index (χ4v) is 5.66. The summed E-state index contributed by atoms with van der Waals surface area (Å²) in [5.74, 6) is 1.09. The van der Waals surface area contributed by atoms with Crippen LogP contribution < -0.4 is 10.6 Å². The number of nitrogens with two attached hydrogens (primary N) is 1. The van der Waals surface area contributed by atoms with E-state index in [1.807, 2.05) is 23.1 Å². The van der Waals surface area contributed by atoms with Crippen molar-refractivity contribution in [3.63, 3.8) is 0 Å². The van der Waals surface area contributed by atoms with E-state index in [0.29, 0.717) is 59.7 Å². The van der Waals surface area contributed by atoms with Gasteiger partial charge in [-0.25, -0.2) is 9.37 Å². The first-order valence-electron chi connectivity index (χ1n) is 13.9. The number of aromatic nitrogens is 5. The van der Waals surface area contributed by atoms with Crippen LogP contribution in [0, 0.1) is 11.7 Å². The van der Waals surface area contributed by atoms with Gasteiger partial charge in [-0.2, -0.15) is 15.1 Å². The summed E-state index contributed by atoms with van der Waals surface area (Å²) in [6.07, 6.45) is 9.42. The summed E-state index contributed by atoms with van der Waals surface area (Å²) in [7, 11) is 0. The average Bonchev–Trinajstić information content (AvgIpc) is 3.87. The van der Waals surface area contributed by atoms with E-state index in [2.05, 4.69) is 20.1 Å². The quantitative estimate of drug-likeness (QED) is 0.347. The zero-order chi connectivity index (χ0) is 27.4. The first-order valence-corrected chi connectivity index (χ1v) is 13.9. The Hall–Kier alpha value is -4.18. The van der Waals surface area contributed by atoms with Gasteiger partial charge in [0.25, 0.3) is 5.91 Å². The Kier molecular flexibility index (Phi) is 6.07. The Bertz CT molecular complexity index is 1630. The average molecular weight is 540 g/mol. The predicted octanol–water partition coefficient (Wildman–Crippen LogP) is 4.03. The van der Waals surface area contributed by atoms with Crippen molar-refractivity contribution >= 4 is 17.5 Å². The number of nitrogen functional groups attached to an aromatic ring is 1. The smallest absolute Gasteiger partial charge is 0.261 e. The number of carbonyl (C=O) groups is 1. The Balaban J connectivity index is 1.20. The van der Waals surface area contributed by atoms with Crippen LogP contribution in [0.2, 0.25) is 0 Å². The van der Waals surface area contributed by atoms with Crippen LogP contribution in [0.5, 0.6) is 0 Å². The van der Waals surface area contributed by atoms with Gasteiger partial charge in [-0.05, 0) is 72.8 Å². The van der Waals surface area contributed by atoms with E-state index in [1.165, 1.54) is 23.8 Å². The number of carbonyl (C=O) groups excluding carboxylic acids is 1. The highest BCUT2D eigenvalue weighted by Gasteiger charge is 2.33. The van der Waals surface area contributed by atoms with Crippen molar-refractivity contribution in [3.05, 3.63) is 82.2 Å². The standard InChI is InChI=1S/C30H30FN7O2/c31-24-12-21(19-6-7-19)11-20-8-9-38(29(40)27(20)24)25-3-1-2-22(23(25)16-39)28-34-26(35-30(32)36-28)10-18-13-33-37(15-18)14-17-4-5-17/h1-3,11-13,15,17,19,39H,4-10,14,16H2,(H2,32,34,35,36). The second-order valence-electron chi connectivity index (χ2n) is 11.1. The molecular formula is C30H30FN7O2. The summed E-state index contributed by atoms with van der Waals surface area (Å²) >= 11 is 0. The second kappa shape index (κ2) is 9.78. The lowest BCUT2D eigenvalue weighted by Gasteiger charge is -2.31. The third-order valence-corrected chi connectivity index (χ3v) is 8.04. The lowest BCUT2D eigenvalue weighted by molar-refractivity contribution is 0.0976. The van der Waals surface area contributed by atoms with Crippen LogP contribution in [0.4, 0.5) is 16.0 Å². The predicted molar refractivity (Wildman–Crippen MR) is 147 cm³/mol. The number of halogens is 1. The highest BCUT2D eigenvalue weighted by molar-refractivity contribution is 6.09. The Labute approximate surface area is 230 Å². The Morgan fingerprint density at radius 2 is 1.95 bits per heavy atom. The van der Waals surface area contributed by atoms with E-state index >= 15 is 4.39 Å². The minimum atomic E-state index is -0.480. The van der Waals surface area contributed by atoms with Gasteiger partial charge in [0.05, 0.1) is 24.1 Å². The third kappa shape index (κ3) is 4.72. The lowest BCUT2D eigenvalue weighted by Crippen LogP contribution is -2.39. The third-order valence-electron chi connectivity index (χ3n) is 8.04. The molecule has 0 spiro atoms. The molecule has 0 atom stereocenters. The van der Waals surface area contributed by atoms with Gasteiger partial charge in [0, 0.05) is 36.8 Å². The zero-order valence-electron chi connectivity index (χ0n) is 22.1. The number of hydrogen-bond donors (Lipinski definition) is 2. The molecule has 10 heteroatoms. The fourth-order valence-electron chi connectivity index (χ4n) is 5.66. The van der Waals surface area contributed by atoms with Crippen molar-refractivity contribution in [2.75, 3.05) is 17.2 Å². The molecule has 4 aromatic rings. The van der Waals surface area contributed by atoms with Crippen LogP contribution in [0.3, 0.4) is 0 Å². The molecule has 40 heavy (non-hydrogen) atoms. The van der Waals surface area contributed by atoms with E-state index < -0.39 is 11.7 Å². The molecule has 7 rings (SSSR count). The molecule has 3 aliphatic rings. The van der Waals surface area contributed by atoms with Crippen molar-refractivity contribution < 1.29 is 14.3 Å². The van der Waals surface area contributed by atoms with Crippen molar-refractivity contribution in [1.82, 2.24) is 24.7 Å².